The summed E-state index contributed by atoms with van der Waals surface area (Å²) in [5.41, 5.74) is 0. The topological polar surface area (TPSA) is 170 Å². The molecule has 0 radical (unpaired) electrons. The van der Waals surface area contributed by atoms with E-state index in [0.717, 1.165) is 6.92 Å². The highest BCUT2D eigenvalue weighted by Crippen LogP contribution is 2.54. The minimum absolute atomic E-state index is 0.0903. The lowest BCUT2D eigenvalue weighted by Crippen LogP contribution is -2.18. The van der Waals surface area contributed by atoms with Crippen molar-refractivity contribution in [2.45, 2.75) is 13.8 Å². The van der Waals surface area contributed by atoms with Crippen molar-refractivity contribution in [3.05, 3.63) is 23.8 Å². The Morgan fingerprint density at radius 3 is 1.33 bits per heavy atom. The highest BCUT2D eigenvalue weighted by molar-refractivity contribution is 7.64. The van der Waals surface area contributed by atoms with Gasteiger partial charge in [0.1, 0.15) is 0 Å². The third kappa shape index (κ3) is 11.0. The van der Waals surface area contributed by atoms with Crippen molar-refractivity contribution >= 4 is 23.0 Å². The molecule has 0 fully saturated rings. The standard InChI is InChI=1S/C3H8O6P2.C3H7O3P/c1-3(2)10(4,5)9-11(6,7)8;1-3(2)7(4,5)6/h1H2,2H3,(H,4,5)(H2,6,7,8);1H2,2H3,(H2,4,5,6)/p-3. The van der Waals surface area contributed by atoms with Crippen LogP contribution in [0, 0.1) is 0 Å². The molecular formula is C6H12O9P3-3. The molecule has 12 heteroatoms. The Kier molecular flexibility index (Phi) is 7.78. The van der Waals surface area contributed by atoms with Gasteiger partial charge in [0, 0.05) is 5.31 Å². The molecule has 0 aliphatic carbocycles. The molecule has 0 aliphatic heterocycles. The van der Waals surface area contributed by atoms with Gasteiger partial charge in [-0.25, -0.2) is 0 Å². The van der Waals surface area contributed by atoms with Crippen LogP contribution in [0.2, 0.25) is 0 Å². The lowest BCUT2D eigenvalue weighted by molar-refractivity contribution is -0.337. The summed E-state index contributed by atoms with van der Waals surface area (Å²) in [5, 5.41) is -0.600. The minimum Gasteiger partial charge on any atom is -0.790 e. The molecule has 9 nitrogen and oxygen atoms in total. The summed E-state index contributed by atoms with van der Waals surface area (Å²) >= 11 is 0. The molecule has 0 saturated heterocycles. The molecule has 0 aromatic rings. The van der Waals surface area contributed by atoms with Gasteiger partial charge in [0.2, 0.25) is 0 Å². The average Bonchev–Trinajstić information content (AvgIpc) is 1.97. The van der Waals surface area contributed by atoms with E-state index in [9.17, 15) is 28.4 Å². The highest BCUT2D eigenvalue weighted by atomic mass is 31.3. The Balaban J connectivity index is 0. The van der Waals surface area contributed by atoms with Crippen LogP contribution >= 0.6 is 23.0 Å². The summed E-state index contributed by atoms with van der Waals surface area (Å²) in [6.45, 7) is 8.28. The van der Waals surface area contributed by atoms with Crippen molar-refractivity contribution in [3.8, 4) is 0 Å². The molecule has 0 amide bonds. The molecule has 0 spiro atoms. The lowest BCUT2D eigenvalue weighted by atomic mass is 10.8. The van der Waals surface area contributed by atoms with Gasteiger partial charge in [0.25, 0.3) is 0 Å². The van der Waals surface area contributed by atoms with E-state index < -0.39 is 28.3 Å². The van der Waals surface area contributed by atoms with Gasteiger partial charge < -0.3 is 37.9 Å². The molecule has 18 heavy (non-hydrogen) atoms. The molecule has 0 rings (SSSR count). The fourth-order valence-electron chi connectivity index (χ4n) is 0.201. The summed E-state index contributed by atoms with van der Waals surface area (Å²) in [4.78, 5) is 46.3. The molecule has 0 saturated carbocycles. The summed E-state index contributed by atoms with van der Waals surface area (Å²) in [7, 11) is -14.1. The van der Waals surface area contributed by atoms with Gasteiger partial charge in [-0.1, -0.05) is 13.2 Å². The first-order valence-corrected chi connectivity index (χ1v) is 8.63. The summed E-state index contributed by atoms with van der Waals surface area (Å²) in [6, 6.07) is 0. The minimum atomic E-state index is -5.48. The molecule has 0 aromatic heterocycles. The summed E-state index contributed by atoms with van der Waals surface area (Å²) in [6.07, 6.45) is 0. The molecule has 2 N–H and O–H groups in total. The Labute approximate surface area is 104 Å². The fourth-order valence-corrected chi connectivity index (χ4v) is 1.81. The van der Waals surface area contributed by atoms with Crippen LogP contribution < -0.4 is 14.7 Å². The number of allylic oxidation sites excluding steroid dienone is 2. The van der Waals surface area contributed by atoms with E-state index in [4.69, 9.17) is 9.79 Å². The van der Waals surface area contributed by atoms with E-state index >= 15 is 0 Å². The molecule has 1 atom stereocenters. The number of hydrogen-bond acceptors (Lipinski definition) is 7. The maximum Gasteiger partial charge on any atom is 0.351 e. The Morgan fingerprint density at radius 2 is 1.28 bits per heavy atom. The van der Waals surface area contributed by atoms with E-state index in [1.54, 1.807) is 0 Å². The van der Waals surface area contributed by atoms with Crippen molar-refractivity contribution < 1.29 is 42.5 Å². The second kappa shape index (κ2) is 6.91. The zero-order chi connectivity index (χ0) is 15.4. The maximum absolute atomic E-state index is 10.5. The first kappa shape index (κ1) is 20.3. The van der Waals surface area contributed by atoms with Crippen molar-refractivity contribution in [1.29, 1.82) is 0 Å². The zero-order valence-electron chi connectivity index (χ0n) is 9.51. The fraction of sp³-hybridized carbons (Fsp3) is 0.333. The average molecular weight is 321 g/mol. The molecule has 0 heterocycles. The van der Waals surface area contributed by atoms with Crippen molar-refractivity contribution in [3.63, 3.8) is 0 Å². The van der Waals surface area contributed by atoms with Crippen molar-refractivity contribution in [2.24, 2.45) is 0 Å². The first-order chi connectivity index (χ1) is 7.59. The van der Waals surface area contributed by atoms with E-state index in [-0.39, 0.29) is 5.31 Å². The summed E-state index contributed by atoms with van der Waals surface area (Å²) in [5.74, 6) is 0. The second-order valence-electron chi connectivity index (χ2n) is 3.04. The van der Waals surface area contributed by atoms with E-state index in [1.807, 2.05) is 0 Å². The Bertz CT molecular complexity index is 455. The molecule has 0 aromatic carbocycles. The van der Waals surface area contributed by atoms with Crippen LogP contribution in [0.1, 0.15) is 13.8 Å². The number of hydrogen-bond donors (Lipinski definition) is 2. The molecule has 108 valence electrons. The Hall–Kier alpha value is -0.0700. The van der Waals surface area contributed by atoms with Gasteiger partial charge >= 0.3 is 7.60 Å². The highest BCUT2D eigenvalue weighted by Gasteiger charge is 2.11. The van der Waals surface area contributed by atoms with Gasteiger partial charge in [0.05, 0.1) is 7.82 Å². The lowest BCUT2D eigenvalue weighted by Gasteiger charge is -2.36. The van der Waals surface area contributed by atoms with Crippen LogP contribution in [0.3, 0.4) is 0 Å². The van der Waals surface area contributed by atoms with Crippen LogP contribution in [-0.2, 0) is 18.0 Å². The Morgan fingerprint density at radius 1 is 1.00 bits per heavy atom. The monoisotopic (exact) mass is 321 g/mol. The quantitative estimate of drug-likeness (QED) is 0.654. The van der Waals surface area contributed by atoms with E-state index in [0.29, 0.717) is 0 Å². The van der Waals surface area contributed by atoms with Crippen molar-refractivity contribution in [2.75, 3.05) is 0 Å². The van der Waals surface area contributed by atoms with E-state index in [1.165, 1.54) is 6.92 Å². The smallest absolute Gasteiger partial charge is 0.351 e. The third-order valence-corrected chi connectivity index (χ3v) is 4.76. The SMILES string of the molecule is C=C(C)P(=O)(O)O.C=C(C)P(=O)([O-])OP(=O)([O-])[O-]. The van der Waals surface area contributed by atoms with Crippen LogP contribution in [0.5, 0.6) is 0 Å². The molecule has 0 bridgehead atoms. The van der Waals surface area contributed by atoms with Crippen LogP contribution in [-0.4, -0.2) is 9.79 Å². The molecule has 0 aliphatic rings. The van der Waals surface area contributed by atoms with Crippen molar-refractivity contribution in [1.82, 2.24) is 0 Å². The number of rotatable bonds is 4. The van der Waals surface area contributed by atoms with Gasteiger partial charge in [0.15, 0.2) is 7.60 Å². The van der Waals surface area contributed by atoms with Crippen LogP contribution in [0.25, 0.3) is 0 Å². The zero-order valence-corrected chi connectivity index (χ0v) is 12.2. The van der Waals surface area contributed by atoms with Crippen LogP contribution in [0.15, 0.2) is 23.8 Å². The predicted molar refractivity (Wildman–Crippen MR) is 58.0 cm³/mol. The predicted octanol–water partition coefficient (Wildman–Crippen LogP) is -0.384. The van der Waals surface area contributed by atoms with E-state index in [2.05, 4.69) is 17.5 Å². The second-order valence-corrected chi connectivity index (χ2v) is 8.20. The summed E-state index contributed by atoms with van der Waals surface area (Å²) < 4.78 is 33.4. The largest absolute Gasteiger partial charge is 0.790 e. The van der Waals surface area contributed by atoms with Crippen LogP contribution in [0.4, 0.5) is 0 Å². The third-order valence-electron chi connectivity index (χ3n) is 1.17. The normalized spacial score (nSPS) is 15.1. The van der Waals surface area contributed by atoms with Gasteiger partial charge in [-0.2, -0.15) is 0 Å². The maximum atomic E-state index is 10.5. The van der Waals surface area contributed by atoms with Gasteiger partial charge in [-0.15, -0.1) is 0 Å². The molecular weight excluding hydrogens is 309 g/mol. The molecule has 1 unspecified atom stereocenters. The number of phosphoric acid groups is 1. The first-order valence-electron chi connectivity index (χ1n) is 4.01. The van der Waals surface area contributed by atoms with Gasteiger partial charge in [-0.05, 0) is 19.2 Å². The van der Waals surface area contributed by atoms with Gasteiger partial charge in [-0.3, -0.25) is 4.57 Å².